The van der Waals surface area contributed by atoms with Gasteiger partial charge in [-0.3, -0.25) is 9.78 Å². The molecular formula is C12H7NO2. The summed E-state index contributed by atoms with van der Waals surface area (Å²) in [7, 11) is 0. The monoisotopic (exact) mass is 197 g/mol. The number of hydrogen-bond acceptors (Lipinski definition) is 3. The van der Waals surface area contributed by atoms with Crippen LogP contribution in [0.15, 0.2) is 41.1 Å². The minimum Gasteiger partial charge on any atom is -0.456 e. The summed E-state index contributed by atoms with van der Waals surface area (Å²) in [5.41, 5.74) is 2.12. The number of aldehydes is 1. The van der Waals surface area contributed by atoms with Crippen molar-refractivity contribution in [3.05, 3.63) is 42.2 Å². The van der Waals surface area contributed by atoms with E-state index in [9.17, 15) is 4.79 Å². The smallest absolute Gasteiger partial charge is 0.150 e. The topological polar surface area (TPSA) is 43.1 Å². The van der Waals surface area contributed by atoms with Gasteiger partial charge < -0.3 is 4.42 Å². The van der Waals surface area contributed by atoms with Crippen LogP contribution >= 0.6 is 0 Å². The lowest BCUT2D eigenvalue weighted by atomic mass is 10.1. The fraction of sp³-hybridized carbons (Fsp3) is 0. The molecule has 0 saturated carbocycles. The van der Waals surface area contributed by atoms with Gasteiger partial charge in [-0.2, -0.15) is 0 Å². The molecule has 0 unspecified atom stereocenters. The molecule has 3 rings (SSSR count). The van der Waals surface area contributed by atoms with Crippen LogP contribution in [-0.4, -0.2) is 11.3 Å². The average Bonchev–Trinajstić information content (AvgIpc) is 2.67. The van der Waals surface area contributed by atoms with Crippen molar-refractivity contribution >= 4 is 28.2 Å². The minimum absolute atomic E-state index is 0.638. The van der Waals surface area contributed by atoms with Crippen LogP contribution in [0, 0.1) is 0 Å². The zero-order valence-corrected chi connectivity index (χ0v) is 7.81. The molecule has 0 bridgehead atoms. The maximum Gasteiger partial charge on any atom is 0.150 e. The lowest BCUT2D eigenvalue weighted by Gasteiger charge is -1.92. The molecule has 3 nitrogen and oxygen atoms in total. The van der Waals surface area contributed by atoms with Crippen molar-refractivity contribution in [2.75, 3.05) is 0 Å². The fourth-order valence-electron chi connectivity index (χ4n) is 1.80. The first-order valence-corrected chi connectivity index (χ1v) is 4.60. The molecule has 2 heterocycles. The largest absolute Gasteiger partial charge is 0.456 e. The van der Waals surface area contributed by atoms with E-state index in [0.717, 1.165) is 28.2 Å². The van der Waals surface area contributed by atoms with Gasteiger partial charge in [-0.05, 0) is 12.1 Å². The van der Waals surface area contributed by atoms with Crippen LogP contribution in [0.4, 0.5) is 0 Å². The van der Waals surface area contributed by atoms with E-state index < -0.39 is 0 Å². The van der Waals surface area contributed by atoms with Crippen LogP contribution in [-0.2, 0) is 0 Å². The first-order valence-electron chi connectivity index (χ1n) is 4.60. The van der Waals surface area contributed by atoms with E-state index in [1.54, 1.807) is 24.5 Å². The molecule has 0 saturated heterocycles. The van der Waals surface area contributed by atoms with Gasteiger partial charge in [0.15, 0.2) is 6.29 Å². The second-order valence-corrected chi connectivity index (χ2v) is 3.31. The molecule has 0 radical (unpaired) electrons. The quantitative estimate of drug-likeness (QED) is 0.563. The van der Waals surface area contributed by atoms with E-state index in [0.29, 0.717) is 5.56 Å². The Labute approximate surface area is 85.3 Å². The van der Waals surface area contributed by atoms with Gasteiger partial charge in [0, 0.05) is 28.7 Å². The van der Waals surface area contributed by atoms with Gasteiger partial charge in [0.1, 0.15) is 11.2 Å². The summed E-state index contributed by atoms with van der Waals surface area (Å²) < 4.78 is 5.60. The molecule has 3 heteroatoms. The fourth-order valence-corrected chi connectivity index (χ4v) is 1.80. The van der Waals surface area contributed by atoms with Crippen LogP contribution in [0.2, 0.25) is 0 Å². The number of pyridine rings is 1. The normalized spacial score (nSPS) is 10.9. The SMILES string of the molecule is O=Cc1cccc2oc3ccncc3c12. The summed E-state index contributed by atoms with van der Waals surface area (Å²) in [4.78, 5) is 14.9. The predicted molar refractivity (Wildman–Crippen MR) is 56.9 cm³/mol. The Bertz CT molecular complexity index is 655. The molecule has 2 aromatic heterocycles. The summed E-state index contributed by atoms with van der Waals surface area (Å²) in [5, 5.41) is 1.73. The number of fused-ring (bicyclic) bond motifs is 3. The molecule has 0 spiro atoms. The number of carbonyl (C=O) groups excluding carboxylic acids is 1. The third-order valence-electron chi connectivity index (χ3n) is 2.46. The molecule has 0 N–H and O–H groups in total. The van der Waals surface area contributed by atoms with E-state index in [-0.39, 0.29) is 0 Å². The molecule has 0 atom stereocenters. The summed E-state index contributed by atoms with van der Waals surface area (Å²) in [6.07, 6.45) is 4.23. The van der Waals surface area contributed by atoms with Crippen molar-refractivity contribution < 1.29 is 9.21 Å². The molecule has 72 valence electrons. The number of rotatable bonds is 1. The van der Waals surface area contributed by atoms with E-state index in [4.69, 9.17) is 4.42 Å². The molecule has 15 heavy (non-hydrogen) atoms. The second-order valence-electron chi connectivity index (χ2n) is 3.31. The number of nitrogens with zero attached hydrogens (tertiary/aromatic N) is 1. The maximum atomic E-state index is 10.9. The van der Waals surface area contributed by atoms with E-state index in [1.165, 1.54) is 0 Å². The Morgan fingerprint density at radius 3 is 3.00 bits per heavy atom. The molecule has 0 fully saturated rings. The zero-order valence-electron chi connectivity index (χ0n) is 7.81. The Morgan fingerprint density at radius 1 is 1.20 bits per heavy atom. The highest BCUT2D eigenvalue weighted by molar-refractivity contribution is 6.11. The number of hydrogen-bond donors (Lipinski definition) is 0. The van der Waals surface area contributed by atoms with Gasteiger partial charge in [0.05, 0.1) is 0 Å². The molecule has 1 aromatic carbocycles. The van der Waals surface area contributed by atoms with Crippen LogP contribution in [0.5, 0.6) is 0 Å². The van der Waals surface area contributed by atoms with Gasteiger partial charge in [0.25, 0.3) is 0 Å². The zero-order chi connectivity index (χ0) is 10.3. The standard InChI is InChI=1S/C12H7NO2/c14-7-8-2-1-3-11-12(8)9-6-13-5-4-10(9)15-11/h1-7H. The number of aromatic nitrogens is 1. The van der Waals surface area contributed by atoms with Crippen LogP contribution < -0.4 is 0 Å². The number of furan rings is 1. The van der Waals surface area contributed by atoms with Gasteiger partial charge >= 0.3 is 0 Å². The van der Waals surface area contributed by atoms with Crippen LogP contribution in [0.1, 0.15) is 10.4 Å². The average molecular weight is 197 g/mol. The lowest BCUT2D eigenvalue weighted by Crippen LogP contribution is -1.79. The second kappa shape index (κ2) is 2.92. The summed E-state index contributed by atoms with van der Waals surface area (Å²) in [5.74, 6) is 0. The van der Waals surface area contributed by atoms with Crippen molar-refractivity contribution in [1.29, 1.82) is 0 Å². The van der Waals surface area contributed by atoms with E-state index >= 15 is 0 Å². The Hall–Kier alpha value is -2.16. The van der Waals surface area contributed by atoms with E-state index in [2.05, 4.69) is 4.98 Å². The first kappa shape index (κ1) is 8.17. The van der Waals surface area contributed by atoms with Gasteiger partial charge in [-0.1, -0.05) is 12.1 Å². The third kappa shape index (κ3) is 1.06. The first-order chi connectivity index (χ1) is 7.40. The molecule has 0 aliphatic heterocycles. The lowest BCUT2D eigenvalue weighted by molar-refractivity contribution is 0.112. The van der Waals surface area contributed by atoms with Crippen LogP contribution in [0.25, 0.3) is 21.9 Å². The summed E-state index contributed by atoms with van der Waals surface area (Å²) >= 11 is 0. The predicted octanol–water partition coefficient (Wildman–Crippen LogP) is 2.79. The molecule has 3 aromatic rings. The highest BCUT2D eigenvalue weighted by Crippen LogP contribution is 2.29. The molecule has 0 amide bonds. The Morgan fingerprint density at radius 2 is 2.13 bits per heavy atom. The highest BCUT2D eigenvalue weighted by Gasteiger charge is 2.09. The number of benzene rings is 1. The Kier molecular flexibility index (Phi) is 1.59. The van der Waals surface area contributed by atoms with Crippen molar-refractivity contribution in [3.8, 4) is 0 Å². The van der Waals surface area contributed by atoms with Gasteiger partial charge in [0.2, 0.25) is 0 Å². The Balaban J connectivity index is 2.62. The minimum atomic E-state index is 0.638. The van der Waals surface area contributed by atoms with Gasteiger partial charge in [-0.15, -0.1) is 0 Å². The van der Waals surface area contributed by atoms with Crippen LogP contribution in [0.3, 0.4) is 0 Å². The maximum absolute atomic E-state index is 10.9. The van der Waals surface area contributed by atoms with Crippen molar-refractivity contribution in [2.45, 2.75) is 0 Å². The third-order valence-corrected chi connectivity index (χ3v) is 2.46. The number of carbonyl (C=O) groups is 1. The van der Waals surface area contributed by atoms with E-state index in [1.807, 2.05) is 12.1 Å². The molecule has 0 aliphatic carbocycles. The van der Waals surface area contributed by atoms with Crippen molar-refractivity contribution in [2.24, 2.45) is 0 Å². The van der Waals surface area contributed by atoms with Crippen molar-refractivity contribution in [3.63, 3.8) is 0 Å². The van der Waals surface area contributed by atoms with Gasteiger partial charge in [-0.25, -0.2) is 0 Å². The molecular weight excluding hydrogens is 190 g/mol. The van der Waals surface area contributed by atoms with Crippen molar-refractivity contribution in [1.82, 2.24) is 4.98 Å². The summed E-state index contributed by atoms with van der Waals surface area (Å²) in [6.45, 7) is 0. The highest BCUT2D eigenvalue weighted by atomic mass is 16.3. The summed E-state index contributed by atoms with van der Waals surface area (Å²) in [6, 6.07) is 7.23. The molecule has 0 aliphatic rings.